The van der Waals surface area contributed by atoms with Gasteiger partial charge in [0.25, 0.3) is 5.22 Å². The summed E-state index contributed by atoms with van der Waals surface area (Å²) in [5, 5.41) is 5.91. The minimum Gasteiger partial charge on any atom is -0.431 e. The van der Waals surface area contributed by atoms with Gasteiger partial charge in [-0.1, -0.05) is 44.7 Å². The summed E-state index contributed by atoms with van der Waals surface area (Å²) in [6.07, 6.45) is 0. The molecule has 0 fully saturated rings. The summed E-state index contributed by atoms with van der Waals surface area (Å²) >= 11 is 2.71. The van der Waals surface area contributed by atoms with E-state index >= 15 is 0 Å². The van der Waals surface area contributed by atoms with Crippen LogP contribution in [0.25, 0.3) is 11.1 Å². The molecule has 0 radical (unpaired) electrons. The van der Waals surface area contributed by atoms with E-state index in [1.165, 1.54) is 23.1 Å². The normalized spacial score (nSPS) is 11.8. The van der Waals surface area contributed by atoms with Gasteiger partial charge in [0.2, 0.25) is 5.91 Å². The van der Waals surface area contributed by atoms with Gasteiger partial charge in [0.15, 0.2) is 10.7 Å². The Morgan fingerprint density at radius 2 is 2.09 bits per heavy atom. The Morgan fingerprint density at radius 1 is 1.30 bits per heavy atom. The van der Waals surface area contributed by atoms with Crippen LogP contribution in [0.5, 0.6) is 0 Å². The maximum Gasteiger partial charge on any atom is 0.257 e. The molecule has 0 bridgehead atoms. The molecule has 120 valence electrons. The molecule has 3 rings (SSSR count). The van der Waals surface area contributed by atoms with Crippen molar-refractivity contribution in [1.29, 1.82) is 0 Å². The van der Waals surface area contributed by atoms with Crippen LogP contribution in [0, 0.1) is 0 Å². The number of carbonyl (C=O) groups excluding carboxylic acids is 1. The van der Waals surface area contributed by atoms with E-state index in [0.29, 0.717) is 10.4 Å². The SMILES string of the molecule is CC(C)(C)c1csc(NC(=O)CSc2nc3ccccc3o2)n1. The molecule has 3 aromatic rings. The van der Waals surface area contributed by atoms with Crippen molar-refractivity contribution in [3.8, 4) is 0 Å². The van der Waals surface area contributed by atoms with E-state index in [9.17, 15) is 4.79 Å². The fraction of sp³-hybridized carbons (Fsp3) is 0.312. The van der Waals surface area contributed by atoms with E-state index in [2.05, 4.69) is 36.1 Å². The van der Waals surface area contributed by atoms with E-state index in [0.717, 1.165) is 16.8 Å². The summed E-state index contributed by atoms with van der Waals surface area (Å²) < 4.78 is 5.58. The van der Waals surface area contributed by atoms with Gasteiger partial charge in [0, 0.05) is 10.8 Å². The molecular formula is C16H17N3O2S2. The molecule has 0 aliphatic rings. The van der Waals surface area contributed by atoms with Crippen LogP contribution in [0.4, 0.5) is 5.13 Å². The van der Waals surface area contributed by atoms with E-state index in [1.54, 1.807) is 0 Å². The minimum absolute atomic E-state index is 0.0214. The van der Waals surface area contributed by atoms with Crippen LogP contribution in [0.15, 0.2) is 39.3 Å². The molecule has 1 aromatic carbocycles. The average Bonchev–Trinajstić information content (AvgIpc) is 3.10. The Kier molecular flexibility index (Phi) is 4.41. The molecule has 1 N–H and O–H groups in total. The van der Waals surface area contributed by atoms with Crippen LogP contribution < -0.4 is 5.32 Å². The predicted octanol–water partition coefficient (Wildman–Crippen LogP) is 4.31. The second-order valence-corrected chi connectivity index (χ2v) is 7.86. The third-order valence-corrected chi connectivity index (χ3v) is 4.71. The lowest BCUT2D eigenvalue weighted by Gasteiger charge is -2.14. The Bertz CT molecular complexity index is 800. The Morgan fingerprint density at radius 3 is 2.78 bits per heavy atom. The fourth-order valence-electron chi connectivity index (χ4n) is 1.87. The van der Waals surface area contributed by atoms with Crippen molar-refractivity contribution in [2.24, 2.45) is 0 Å². The van der Waals surface area contributed by atoms with Crippen molar-refractivity contribution in [3.05, 3.63) is 35.3 Å². The van der Waals surface area contributed by atoms with Crippen molar-refractivity contribution in [2.45, 2.75) is 31.4 Å². The molecule has 5 nitrogen and oxygen atoms in total. The Labute approximate surface area is 142 Å². The zero-order valence-corrected chi connectivity index (χ0v) is 14.8. The third kappa shape index (κ3) is 3.92. The van der Waals surface area contributed by atoms with Crippen LogP contribution in [0.1, 0.15) is 26.5 Å². The third-order valence-electron chi connectivity index (χ3n) is 3.12. The number of hydrogen-bond acceptors (Lipinski definition) is 6. The standard InChI is InChI=1S/C16H17N3O2S2/c1-16(2,3)12-8-22-14(18-12)19-13(20)9-23-15-17-10-6-4-5-7-11(10)21-15/h4-8H,9H2,1-3H3,(H,18,19,20). The summed E-state index contributed by atoms with van der Waals surface area (Å²) in [5.41, 5.74) is 2.48. The lowest BCUT2D eigenvalue weighted by molar-refractivity contribution is -0.113. The van der Waals surface area contributed by atoms with Gasteiger partial charge >= 0.3 is 0 Å². The lowest BCUT2D eigenvalue weighted by Crippen LogP contribution is -2.15. The van der Waals surface area contributed by atoms with Crippen molar-refractivity contribution < 1.29 is 9.21 Å². The zero-order chi connectivity index (χ0) is 16.4. The molecule has 0 aliphatic heterocycles. The molecule has 23 heavy (non-hydrogen) atoms. The number of para-hydroxylation sites is 2. The highest BCUT2D eigenvalue weighted by Gasteiger charge is 2.18. The highest BCUT2D eigenvalue weighted by Crippen LogP contribution is 2.27. The molecule has 0 unspecified atom stereocenters. The number of rotatable bonds is 4. The number of benzene rings is 1. The largest absolute Gasteiger partial charge is 0.431 e. The Balaban J connectivity index is 1.58. The topological polar surface area (TPSA) is 68.0 Å². The minimum atomic E-state index is -0.118. The number of amides is 1. The van der Waals surface area contributed by atoms with Crippen LogP contribution in [0.3, 0.4) is 0 Å². The summed E-state index contributed by atoms with van der Waals surface area (Å²) in [4.78, 5) is 20.8. The lowest BCUT2D eigenvalue weighted by atomic mass is 9.93. The number of fused-ring (bicyclic) bond motifs is 1. The number of anilines is 1. The highest BCUT2D eigenvalue weighted by atomic mass is 32.2. The molecule has 0 saturated carbocycles. The first-order valence-electron chi connectivity index (χ1n) is 7.16. The van der Waals surface area contributed by atoms with Crippen LogP contribution in [0.2, 0.25) is 0 Å². The Hall–Kier alpha value is -1.86. The molecule has 2 aromatic heterocycles. The second-order valence-electron chi connectivity index (χ2n) is 6.07. The number of nitrogens with one attached hydrogen (secondary N) is 1. The van der Waals surface area contributed by atoms with E-state index in [-0.39, 0.29) is 17.1 Å². The highest BCUT2D eigenvalue weighted by molar-refractivity contribution is 7.99. The molecule has 2 heterocycles. The number of nitrogens with zero attached hydrogens (tertiary/aromatic N) is 2. The van der Waals surface area contributed by atoms with Crippen molar-refractivity contribution in [2.75, 3.05) is 11.1 Å². The van der Waals surface area contributed by atoms with Gasteiger partial charge in [-0.05, 0) is 12.1 Å². The molecule has 7 heteroatoms. The van der Waals surface area contributed by atoms with Gasteiger partial charge in [-0.15, -0.1) is 11.3 Å². The molecule has 1 amide bonds. The van der Waals surface area contributed by atoms with Crippen molar-refractivity contribution >= 4 is 45.2 Å². The summed E-state index contributed by atoms with van der Waals surface area (Å²) in [6.45, 7) is 6.28. The maximum absolute atomic E-state index is 12.0. The van der Waals surface area contributed by atoms with Gasteiger partial charge in [0.05, 0.1) is 11.4 Å². The number of aromatic nitrogens is 2. The van der Waals surface area contributed by atoms with Crippen molar-refractivity contribution in [1.82, 2.24) is 9.97 Å². The number of hydrogen-bond donors (Lipinski definition) is 1. The predicted molar refractivity (Wildman–Crippen MR) is 94.2 cm³/mol. The number of oxazole rings is 1. The van der Waals surface area contributed by atoms with E-state index < -0.39 is 0 Å². The average molecular weight is 347 g/mol. The van der Waals surface area contributed by atoms with Gasteiger partial charge in [-0.25, -0.2) is 9.97 Å². The number of carbonyl (C=O) groups is 1. The monoisotopic (exact) mass is 347 g/mol. The first-order valence-corrected chi connectivity index (χ1v) is 9.02. The first kappa shape index (κ1) is 16.0. The van der Waals surface area contributed by atoms with Crippen LogP contribution in [-0.2, 0) is 10.2 Å². The quantitative estimate of drug-likeness (QED) is 0.712. The molecule has 0 aliphatic carbocycles. The second kappa shape index (κ2) is 6.33. The van der Waals surface area contributed by atoms with Crippen molar-refractivity contribution in [3.63, 3.8) is 0 Å². The summed E-state index contributed by atoms with van der Waals surface area (Å²) in [6, 6.07) is 7.54. The smallest absolute Gasteiger partial charge is 0.257 e. The number of thiazole rings is 1. The maximum atomic E-state index is 12.0. The zero-order valence-electron chi connectivity index (χ0n) is 13.1. The summed E-state index contributed by atoms with van der Waals surface area (Å²) in [5.74, 6) is 0.115. The molecule has 0 atom stereocenters. The van der Waals surface area contributed by atoms with Gasteiger partial charge in [-0.2, -0.15) is 0 Å². The number of thioether (sulfide) groups is 1. The van der Waals surface area contributed by atoms with Gasteiger partial charge in [-0.3, -0.25) is 4.79 Å². The molecule has 0 spiro atoms. The van der Waals surface area contributed by atoms with Crippen LogP contribution >= 0.6 is 23.1 Å². The first-order chi connectivity index (χ1) is 10.9. The van der Waals surface area contributed by atoms with E-state index in [4.69, 9.17) is 4.42 Å². The molecule has 0 saturated heterocycles. The van der Waals surface area contributed by atoms with E-state index in [1.807, 2.05) is 29.6 Å². The van der Waals surface area contributed by atoms with Gasteiger partial charge < -0.3 is 9.73 Å². The summed E-state index contributed by atoms with van der Waals surface area (Å²) in [7, 11) is 0. The van der Waals surface area contributed by atoms with Gasteiger partial charge in [0.1, 0.15) is 5.52 Å². The molecular weight excluding hydrogens is 330 g/mol. The van der Waals surface area contributed by atoms with Crippen LogP contribution in [-0.4, -0.2) is 21.6 Å². The fourth-order valence-corrected chi connectivity index (χ4v) is 3.46.